The van der Waals surface area contributed by atoms with Gasteiger partial charge >= 0.3 is 0 Å². The number of hydrogen-bond donors (Lipinski definition) is 2. The SMILES string of the molecule is Cc1cccc(/C=C/C(=O)NNC(=O)c2ccccc2-n2cccc2)c1. The van der Waals surface area contributed by atoms with Gasteiger partial charge in [0.1, 0.15) is 0 Å². The molecule has 1 aromatic heterocycles. The maximum atomic E-state index is 12.4. The van der Waals surface area contributed by atoms with Crippen molar-refractivity contribution in [3.8, 4) is 5.69 Å². The Morgan fingerprint density at radius 3 is 2.46 bits per heavy atom. The highest BCUT2D eigenvalue weighted by molar-refractivity contribution is 6.00. The molecule has 0 spiro atoms. The van der Waals surface area contributed by atoms with E-state index in [1.807, 2.05) is 72.4 Å². The molecule has 0 fully saturated rings. The van der Waals surface area contributed by atoms with Crippen molar-refractivity contribution in [1.82, 2.24) is 15.4 Å². The molecule has 3 rings (SSSR count). The van der Waals surface area contributed by atoms with Crippen LogP contribution in [0.3, 0.4) is 0 Å². The van der Waals surface area contributed by atoms with E-state index in [2.05, 4.69) is 10.9 Å². The van der Waals surface area contributed by atoms with Crippen molar-refractivity contribution in [3.05, 3.63) is 95.8 Å². The Hall–Kier alpha value is -3.60. The highest BCUT2D eigenvalue weighted by Crippen LogP contribution is 2.14. The minimum Gasteiger partial charge on any atom is -0.323 e. The maximum Gasteiger partial charge on any atom is 0.271 e. The second-order valence-electron chi connectivity index (χ2n) is 5.80. The molecule has 0 aliphatic heterocycles. The Bertz CT molecular complexity index is 943. The third kappa shape index (κ3) is 4.27. The average molecular weight is 345 g/mol. The third-order valence-electron chi connectivity index (χ3n) is 3.80. The molecule has 0 radical (unpaired) electrons. The maximum absolute atomic E-state index is 12.4. The van der Waals surface area contributed by atoms with E-state index in [1.165, 1.54) is 6.08 Å². The van der Waals surface area contributed by atoms with Crippen LogP contribution in [-0.2, 0) is 4.79 Å². The second kappa shape index (κ2) is 7.98. The van der Waals surface area contributed by atoms with Crippen LogP contribution in [0.5, 0.6) is 0 Å². The minimum atomic E-state index is -0.404. The zero-order valence-corrected chi connectivity index (χ0v) is 14.3. The summed E-state index contributed by atoms with van der Waals surface area (Å²) >= 11 is 0. The van der Waals surface area contributed by atoms with E-state index in [1.54, 1.807) is 18.2 Å². The standard InChI is InChI=1S/C21H19N3O2/c1-16-7-6-8-17(15-16)11-12-20(25)22-23-21(26)18-9-2-3-10-19(18)24-13-4-5-14-24/h2-15H,1H3,(H,22,25)(H,23,26)/b12-11+. The molecule has 0 aliphatic rings. The number of hydrazine groups is 1. The molecule has 0 aliphatic carbocycles. The third-order valence-corrected chi connectivity index (χ3v) is 3.80. The summed E-state index contributed by atoms with van der Waals surface area (Å²) in [5, 5.41) is 0. The van der Waals surface area contributed by atoms with Gasteiger partial charge in [-0.25, -0.2) is 0 Å². The van der Waals surface area contributed by atoms with E-state index in [-0.39, 0.29) is 5.91 Å². The van der Waals surface area contributed by atoms with Gasteiger partial charge in [0.25, 0.3) is 11.8 Å². The van der Waals surface area contributed by atoms with Crippen LogP contribution in [0.4, 0.5) is 0 Å². The lowest BCUT2D eigenvalue weighted by Gasteiger charge is -2.11. The molecule has 26 heavy (non-hydrogen) atoms. The lowest BCUT2D eigenvalue weighted by molar-refractivity contribution is -0.117. The molecule has 0 bridgehead atoms. The second-order valence-corrected chi connectivity index (χ2v) is 5.80. The summed E-state index contributed by atoms with van der Waals surface area (Å²) in [4.78, 5) is 24.4. The van der Waals surface area contributed by atoms with E-state index in [0.717, 1.165) is 16.8 Å². The smallest absolute Gasteiger partial charge is 0.271 e. The highest BCUT2D eigenvalue weighted by atomic mass is 16.2. The van der Waals surface area contributed by atoms with E-state index in [4.69, 9.17) is 0 Å². The summed E-state index contributed by atoms with van der Waals surface area (Å²) in [6, 6.07) is 18.7. The Labute approximate surface area is 151 Å². The molecule has 130 valence electrons. The number of carbonyl (C=O) groups is 2. The summed E-state index contributed by atoms with van der Waals surface area (Å²) in [5.74, 6) is -0.787. The molecule has 2 aromatic carbocycles. The summed E-state index contributed by atoms with van der Waals surface area (Å²) in [6.07, 6.45) is 6.79. The summed E-state index contributed by atoms with van der Waals surface area (Å²) < 4.78 is 1.84. The number of benzene rings is 2. The summed E-state index contributed by atoms with van der Waals surface area (Å²) in [7, 11) is 0. The van der Waals surface area contributed by atoms with E-state index in [9.17, 15) is 9.59 Å². The van der Waals surface area contributed by atoms with Crippen LogP contribution in [0, 0.1) is 6.92 Å². The topological polar surface area (TPSA) is 63.1 Å². The number of carbonyl (C=O) groups excluding carboxylic acids is 2. The molecular formula is C21H19N3O2. The van der Waals surface area contributed by atoms with Gasteiger partial charge in [0.05, 0.1) is 11.3 Å². The van der Waals surface area contributed by atoms with Gasteiger partial charge in [-0.3, -0.25) is 20.4 Å². The summed E-state index contributed by atoms with van der Waals surface area (Å²) in [6.45, 7) is 1.99. The fourth-order valence-corrected chi connectivity index (χ4v) is 2.56. The Kier molecular flexibility index (Phi) is 5.29. The van der Waals surface area contributed by atoms with Crippen molar-refractivity contribution >= 4 is 17.9 Å². The normalized spacial score (nSPS) is 10.7. The Morgan fingerprint density at radius 1 is 0.923 bits per heavy atom. The number of hydrogen-bond acceptors (Lipinski definition) is 2. The van der Waals surface area contributed by atoms with Crippen molar-refractivity contribution in [1.29, 1.82) is 0 Å². The molecule has 2 amide bonds. The van der Waals surface area contributed by atoms with Crippen LogP contribution < -0.4 is 10.9 Å². The fraction of sp³-hybridized carbons (Fsp3) is 0.0476. The van der Waals surface area contributed by atoms with Gasteiger partial charge in [0.2, 0.25) is 0 Å². The molecule has 3 aromatic rings. The number of rotatable bonds is 4. The zero-order valence-electron chi connectivity index (χ0n) is 14.3. The van der Waals surface area contributed by atoms with Crippen molar-refractivity contribution in [2.75, 3.05) is 0 Å². The van der Waals surface area contributed by atoms with E-state index < -0.39 is 5.91 Å². The van der Waals surface area contributed by atoms with Gasteiger partial charge in [0, 0.05) is 18.5 Å². The number of nitrogens with zero attached hydrogens (tertiary/aromatic N) is 1. The average Bonchev–Trinajstić information content (AvgIpc) is 3.19. The number of aromatic nitrogens is 1. The van der Waals surface area contributed by atoms with Crippen LogP contribution in [0.25, 0.3) is 11.8 Å². The predicted octanol–water partition coefficient (Wildman–Crippen LogP) is 3.26. The molecule has 2 N–H and O–H groups in total. The number of nitrogens with one attached hydrogen (secondary N) is 2. The van der Waals surface area contributed by atoms with Gasteiger partial charge in [-0.2, -0.15) is 0 Å². The highest BCUT2D eigenvalue weighted by Gasteiger charge is 2.12. The van der Waals surface area contributed by atoms with E-state index in [0.29, 0.717) is 5.56 Å². The van der Waals surface area contributed by atoms with Crippen LogP contribution in [0.15, 0.2) is 79.1 Å². The number of aryl methyl sites for hydroxylation is 1. The predicted molar refractivity (Wildman–Crippen MR) is 102 cm³/mol. The lowest BCUT2D eigenvalue weighted by atomic mass is 10.1. The monoisotopic (exact) mass is 345 g/mol. The molecule has 0 unspecified atom stereocenters. The first-order valence-corrected chi connectivity index (χ1v) is 8.21. The lowest BCUT2D eigenvalue weighted by Crippen LogP contribution is -2.41. The van der Waals surface area contributed by atoms with Crippen LogP contribution in [0.2, 0.25) is 0 Å². The van der Waals surface area contributed by atoms with Crippen molar-refractivity contribution in [2.24, 2.45) is 0 Å². The molecule has 0 atom stereocenters. The molecular weight excluding hydrogens is 326 g/mol. The van der Waals surface area contributed by atoms with Crippen molar-refractivity contribution < 1.29 is 9.59 Å². The van der Waals surface area contributed by atoms with Gasteiger partial charge in [-0.1, -0.05) is 42.0 Å². The molecule has 5 nitrogen and oxygen atoms in total. The molecule has 1 heterocycles. The number of amides is 2. The largest absolute Gasteiger partial charge is 0.323 e. The van der Waals surface area contributed by atoms with Gasteiger partial charge < -0.3 is 4.57 Å². The first-order valence-electron chi connectivity index (χ1n) is 8.21. The quantitative estimate of drug-likeness (QED) is 0.563. The van der Waals surface area contributed by atoms with Crippen LogP contribution >= 0.6 is 0 Å². The van der Waals surface area contributed by atoms with Gasteiger partial charge in [0.15, 0.2) is 0 Å². The summed E-state index contributed by atoms with van der Waals surface area (Å²) in [5.41, 5.74) is 8.08. The van der Waals surface area contributed by atoms with E-state index >= 15 is 0 Å². The van der Waals surface area contributed by atoms with Crippen molar-refractivity contribution in [2.45, 2.75) is 6.92 Å². The fourth-order valence-electron chi connectivity index (χ4n) is 2.56. The zero-order chi connectivity index (χ0) is 18.4. The van der Waals surface area contributed by atoms with Crippen molar-refractivity contribution in [3.63, 3.8) is 0 Å². The molecule has 0 saturated carbocycles. The van der Waals surface area contributed by atoms with Gasteiger partial charge in [-0.05, 0) is 42.8 Å². The minimum absolute atomic E-state index is 0.383. The van der Waals surface area contributed by atoms with Crippen LogP contribution in [0.1, 0.15) is 21.5 Å². The van der Waals surface area contributed by atoms with Gasteiger partial charge in [-0.15, -0.1) is 0 Å². The number of para-hydroxylation sites is 1. The Balaban J connectivity index is 1.63. The first kappa shape index (κ1) is 17.2. The molecule has 5 heteroatoms. The first-order chi connectivity index (χ1) is 12.6. The van der Waals surface area contributed by atoms with Crippen LogP contribution in [-0.4, -0.2) is 16.4 Å². The molecule has 0 saturated heterocycles. The Morgan fingerprint density at radius 2 is 1.69 bits per heavy atom.